The molecule has 1 fully saturated rings. The first-order valence-corrected chi connectivity index (χ1v) is 7.99. The summed E-state index contributed by atoms with van der Waals surface area (Å²) in [5, 5.41) is 2.52. The lowest BCUT2D eigenvalue weighted by molar-refractivity contribution is -0.137. The number of benzene rings is 1. The van der Waals surface area contributed by atoms with Crippen molar-refractivity contribution in [2.75, 3.05) is 19.9 Å². The minimum atomic E-state index is -0.575. The third-order valence-corrected chi connectivity index (χ3v) is 4.14. The average Bonchev–Trinajstić information content (AvgIpc) is 3.26. The summed E-state index contributed by atoms with van der Waals surface area (Å²) in [6.45, 7) is 0.497. The molecule has 2 aliphatic heterocycles. The molecule has 0 unspecified atom stereocenters. The summed E-state index contributed by atoms with van der Waals surface area (Å²) in [4.78, 5) is 36.7. The van der Waals surface area contributed by atoms with Crippen molar-refractivity contribution < 1.29 is 23.9 Å². The molecule has 3 rings (SSSR count). The van der Waals surface area contributed by atoms with E-state index in [0.29, 0.717) is 24.5 Å². The van der Waals surface area contributed by atoms with Gasteiger partial charge >= 0.3 is 0 Å². The molecule has 2 heterocycles. The maximum atomic E-state index is 12.1. The zero-order valence-corrected chi connectivity index (χ0v) is 13.6. The zero-order chi connectivity index (χ0) is 17.8. The number of amides is 3. The fraction of sp³-hybridized carbons (Fsp3) is 0.353. The van der Waals surface area contributed by atoms with Crippen LogP contribution in [0.2, 0.25) is 0 Å². The minimum absolute atomic E-state index is 0.173. The molecule has 1 atom stereocenters. The maximum absolute atomic E-state index is 12.1. The zero-order valence-electron chi connectivity index (χ0n) is 13.6. The van der Waals surface area contributed by atoms with E-state index in [9.17, 15) is 14.4 Å². The molecule has 132 valence electrons. The van der Waals surface area contributed by atoms with E-state index >= 15 is 0 Å². The summed E-state index contributed by atoms with van der Waals surface area (Å²) in [5.74, 6) is 0.0675. The van der Waals surface area contributed by atoms with Crippen LogP contribution in [0.5, 0.6) is 11.5 Å². The minimum Gasteiger partial charge on any atom is -0.454 e. The highest BCUT2D eigenvalue weighted by Gasteiger charge is 2.32. The molecule has 0 spiro atoms. The van der Waals surface area contributed by atoms with Crippen molar-refractivity contribution in [1.82, 2.24) is 10.2 Å². The van der Waals surface area contributed by atoms with Gasteiger partial charge in [0.05, 0.1) is 6.54 Å². The molecule has 0 aromatic heterocycles. The Morgan fingerprint density at radius 2 is 2.08 bits per heavy atom. The quantitative estimate of drug-likeness (QED) is 0.731. The summed E-state index contributed by atoms with van der Waals surface area (Å²) in [6, 6.07) is 4.75. The SMILES string of the molecule is NC(=O)[C@@H]1CCCN1C(=O)CNC(=O)C=Cc1ccc2c(c1)OCO2. The number of hydrogen-bond donors (Lipinski definition) is 2. The molecular formula is C17H19N3O5. The van der Waals surface area contributed by atoms with Gasteiger partial charge in [0.2, 0.25) is 24.5 Å². The van der Waals surface area contributed by atoms with E-state index in [1.807, 2.05) is 0 Å². The smallest absolute Gasteiger partial charge is 0.244 e. The Labute approximate surface area is 144 Å². The molecule has 3 N–H and O–H groups in total. The standard InChI is InChI=1S/C17H19N3O5/c18-17(23)12-2-1-7-20(12)16(22)9-19-15(21)6-4-11-3-5-13-14(8-11)25-10-24-13/h3-6,8,12H,1-2,7,9-10H2,(H2,18,23)(H,19,21)/t12-/m0/s1. The Bertz CT molecular complexity index is 731. The molecule has 3 amide bonds. The summed E-state index contributed by atoms with van der Waals surface area (Å²) in [6.07, 6.45) is 4.25. The summed E-state index contributed by atoms with van der Waals surface area (Å²) in [7, 11) is 0. The molecule has 1 aromatic rings. The largest absolute Gasteiger partial charge is 0.454 e. The first kappa shape index (κ1) is 16.8. The number of nitrogens with one attached hydrogen (secondary N) is 1. The van der Waals surface area contributed by atoms with Crippen LogP contribution < -0.4 is 20.5 Å². The number of fused-ring (bicyclic) bond motifs is 1. The number of primary amides is 1. The second kappa shape index (κ2) is 7.25. The monoisotopic (exact) mass is 345 g/mol. The molecule has 8 nitrogen and oxygen atoms in total. The normalized spacial score (nSPS) is 18.6. The number of nitrogens with two attached hydrogens (primary N) is 1. The van der Waals surface area contributed by atoms with Crippen LogP contribution in [0.25, 0.3) is 6.08 Å². The molecule has 8 heteroatoms. The van der Waals surface area contributed by atoms with Gasteiger partial charge in [-0.25, -0.2) is 0 Å². The third kappa shape index (κ3) is 3.90. The van der Waals surface area contributed by atoms with Crippen molar-refractivity contribution in [3.8, 4) is 11.5 Å². The predicted octanol–water partition coefficient (Wildman–Crippen LogP) is 0.0210. The van der Waals surface area contributed by atoms with E-state index in [2.05, 4.69) is 5.32 Å². The van der Waals surface area contributed by atoms with Gasteiger partial charge in [-0.2, -0.15) is 0 Å². The van der Waals surface area contributed by atoms with Crippen LogP contribution >= 0.6 is 0 Å². The number of nitrogens with zero attached hydrogens (tertiary/aromatic N) is 1. The van der Waals surface area contributed by atoms with Crippen molar-refractivity contribution in [2.24, 2.45) is 5.73 Å². The molecule has 0 saturated carbocycles. The highest BCUT2D eigenvalue weighted by atomic mass is 16.7. The van der Waals surface area contributed by atoms with Crippen LogP contribution in [-0.4, -0.2) is 48.5 Å². The van der Waals surface area contributed by atoms with Gasteiger partial charge in [0, 0.05) is 12.6 Å². The van der Waals surface area contributed by atoms with Crippen molar-refractivity contribution >= 4 is 23.8 Å². The summed E-state index contributed by atoms with van der Waals surface area (Å²) < 4.78 is 10.5. The molecule has 1 aromatic carbocycles. The van der Waals surface area contributed by atoms with E-state index < -0.39 is 17.9 Å². The first-order valence-electron chi connectivity index (χ1n) is 7.99. The first-order chi connectivity index (χ1) is 12.0. The average molecular weight is 345 g/mol. The van der Waals surface area contributed by atoms with Gasteiger partial charge in [-0.3, -0.25) is 14.4 Å². The van der Waals surface area contributed by atoms with Gasteiger partial charge in [-0.05, 0) is 36.6 Å². The van der Waals surface area contributed by atoms with Gasteiger partial charge in [0.25, 0.3) is 0 Å². The van der Waals surface area contributed by atoms with Gasteiger partial charge in [-0.1, -0.05) is 6.07 Å². The number of ether oxygens (including phenoxy) is 2. The lowest BCUT2D eigenvalue weighted by Gasteiger charge is -2.22. The number of carbonyl (C=O) groups excluding carboxylic acids is 3. The van der Waals surface area contributed by atoms with Crippen LogP contribution in [0.15, 0.2) is 24.3 Å². The van der Waals surface area contributed by atoms with Crippen LogP contribution in [0.1, 0.15) is 18.4 Å². The van der Waals surface area contributed by atoms with Crippen molar-refractivity contribution in [3.05, 3.63) is 29.8 Å². The van der Waals surface area contributed by atoms with Crippen molar-refractivity contribution in [1.29, 1.82) is 0 Å². The molecule has 1 saturated heterocycles. The van der Waals surface area contributed by atoms with Crippen LogP contribution in [0.3, 0.4) is 0 Å². The van der Waals surface area contributed by atoms with Crippen LogP contribution in [0.4, 0.5) is 0 Å². The third-order valence-electron chi connectivity index (χ3n) is 4.14. The van der Waals surface area contributed by atoms with Gasteiger partial charge in [0.15, 0.2) is 11.5 Å². The number of likely N-dealkylation sites (tertiary alicyclic amines) is 1. The highest BCUT2D eigenvalue weighted by Crippen LogP contribution is 2.32. The predicted molar refractivity (Wildman–Crippen MR) is 88.5 cm³/mol. The van der Waals surface area contributed by atoms with E-state index in [0.717, 1.165) is 12.0 Å². The van der Waals surface area contributed by atoms with Crippen molar-refractivity contribution in [3.63, 3.8) is 0 Å². The van der Waals surface area contributed by atoms with Gasteiger partial charge in [0.1, 0.15) is 6.04 Å². The van der Waals surface area contributed by atoms with E-state index in [1.54, 1.807) is 24.3 Å². The topological polar surface area (TPSA) is 111 Å². The Balaban J connectivity index is 1.51. The second-order valence-electron chi connectivity index (χ2n) is 5.81. The fourth-order valence-electron chi connectivity index (χ4n) is 2.87. The van der Waals surface area contributed by atoms with E-state index in [1.165, 1.54) is 11.0 Å². The Kier molecular flexibility index (Phi) is 4.87. The van der Waals surface area contributed by atoms with E-state index in [-0.39, 0.29) is 19.2 Å². The molecule has 0 aliphatic carbocycles. The number of carbonyl (C=O) groups is 3. The Hall–Kier alpha value is -3.03. The maximum Gasteiger partial charge on any atom is 0.244 e. The lowest BCUT2D eigenvalue weighted by Crippen LogP contribution is -2.47. The molecular weight excluding hydrogens is 326 g/mol. The molecule has 0 bridgehead atoms. The van der Waals surface area contributed by atoms with E-state index in [4.69, 9.17) is 15.2 Å². The molecule has 2 aliphatic rings. The fourth-order valence-corrected chi connectivity index (χ4v) is 2.87. The molecule has 0 radical (unpaired) electrons. The van der Waals surface area contributed by atoms with Gasteiger partial charge < -0.3 is 25.4 Å². The highest BCUT2D eigenvalue weighted by molar-refractivity contribution is 5.95. The second-order valence-corrected chi connectivity index (χ2v) is 5.81. The number of rotatable bonds is 5. The lowest BCUT2D eigenvalue weighted by atomic mass is 10.2. The summed E-state index contributed by atoms with van der Waals surface area (Å²) in [5.41, 5.74) is 6.06. The Morgan fingerprint density at radius 3 is 2.88 bits per heavy atom. The molecule has 25 heavy (non-hydrogen) atoms. The Morgan fingerprint density at radius 1 is 1.28 bits per heavy atom. The van der Waals surface area contributed by atoms with Crippen LogP contribution in [0, 0.1) is 0 Å². The van der Waals surface area contributed by atoms with Gasteiger partial charge in [-0.15, -0.1) is 0 Å². The van der Waals surface area contributed by atoms with Crippen LogP contribution in [-0.2, 0) is 14.4 Å². The van der Waals surface area contributed by atoms with Crippen molar-refractivity contribution in [2.45, 2.75) is 18.9 Å². The summed E-state index contributed by atoms with van der Waals surface area (Å²) >= 11 is 0. The number of hydrogen-bond acceptors (Lipinski definition) is 5.